The van der Waals surface area contributed by atoms with Crippen molar-refractivity contribution in [1.82, 2.24) is 15.1 Å². The molecule has 1 aliphatic heterocycles. The van der Waals surface area contributed by atoms with E-state index in [-0.39, 0.29) is 5.91 Å². The zero-order valence-corrected chi connectivity index (χ0v) is 16.9. The van der Waals surface area contributed by atoms with Gasteiger partial charge in [0.05, 0.1) is 17.3 Å². The summed E-state index contributed by atoms with van der Waals surface area (Å²) in [6, 6.07) is 7.27. The van der Waals surface area contributed by atoms with Crippen molar-refractivity contribution in [2.75, 3.05) is 56.6 Å². The second-order valence-electron chi connectivity index (χ2n) is 5.87. The Kier molecular flexibility index (Phi) is 8.81. The molecular weight excluding hydrogens is 376 g/mol. The van der Waals surface area contributed by atoms with Gasteiger partial charge in [-0.15, -0.1) is 0 Å². The molecule has 1 amide bonds. The highest BCUT2D eigenvalue weighted by Crippen LogP contribution is 2.20. The fourth-order valence-corrected chi connectivity index (χ4v) is 3.49. The number of benzene rings is 1. The van der Waals surface area contributed by atoms with Crippen molar-refractivity contribution in [3.8, 4) is 0 Å². The number of halogens is 1. The Morgan fingerprint density at radius 1 is 1.28 bits per heavy atom. The molecule has 8 heteroatoms. The van der Waals surface area contributed by atoms with Crippen molar-refractivity contribution in [3.63, 3.8) is 0 Å². The number of carbonyl (C=O) groups excluding carboxylic acids is 1. The average molecular weight is 401 g/mol. The maximum Gasteiger partial charge on any atom is 0.238 e. The minimum atomic E-state index is -0.0423. The summed E-state index contributed by atoms with van der Waals surface area (Å²) in [5.41, 5.74) is 0.656. The molecule has 138 valence electrons. The van der Waals surface area contributed by atoms with Gasteiger partial charge in [-0.05, 0) is 42.8 Å². The number of nitrogens with zero attached hydrogens (tertiary/aromatic N) is 2. The fourth-order valence-electron chi connectivity index (χ4n) is 2.59. The molecule has 1 saturated heterocycles. The van der Waals surface area contributed by atoms with E-state index in [1.54, 1.807) is 12.1 Å². The van der Waals surface area contributed by atoms with Gasteiger partial charge in [-0.1, -0.05) is 23.7 Å². The molecule has 0 aromatic heterocycles. The molecule has 0 radical (unpaired) electrons. The van der Waals surface area contributed by atoms with Gasteiger partial charge >= 0.3 is 0 Å². The van der Waals surface area contributed by atoms with Crippen molar-refractivity contribution in [3.05, 3.63) is 29.3 Å². The van der Waals surface area contributed by atoms with Gasteiger partial charge < -0.3 is 15.5 Å². The Morgan fingerprint density at radius 3 is 2.68 bits per heavy atom. The average Bonchev–Trinajstić information content (AvgIpc) is 2.61. The van der Waals surface area contributed by atoms with Gasteiger partial charge in [-0.2, -0.15) is 11.8 Å². The maximum atomic E-state index is 12.2. The van der Waals surface area contributed by atoms with E-state index in [0.717, 1.165) is 50.0 Å². The first kappa shape index (κ1) is 20.3. The largest absolute Gasteiger partial charge is 0.363 e. The van der Waals surface area contributed by atoms with Crippen LogP contribution in [0.25, 0.3) is 0 Å². The third kappa shape index (κ3) is 7.01. The second-order valence-corrected chi connectivity index (χ2v) is 7.65. The Balaban J connectivity index is 1.68. The Hall–Kier alpha value is -1.02. The predicted octanol–water partition coefficient (Wildman–Crippen LogP) is 2.52. The fraction of sp³-hybridized carbons (Fsp3) is 0.529. The van der Waals surface area contributed by atoms with E-state index in [1.165, 1.54) is 0 Å². The van der Waals surface area contributed by atoms with Crippen molar-refractivity contribution in [2.45, 2.75) is 6.42 Å². The molecule has 2 N–H and O–H groups in total. The van der Waals surface area contributed by atoms with Crippen molar-refractivity contribution >= 4 is 52.3 Å². The zero-order chi connectivity index (χ0) is 18.1. The summed E-state index contributed by atoms with van der Waals surface area (Å²) in [5.74, 6) is 1.10. The number of carbonyl (C=O) groups is 1. The van der Waals surface area contributed by atoms with Crippen molar-refractivity contribution < 1.29 is 4.79 Å². The second kappa shape index (κ2) is 10.9. The van der Waals surface area contributed by atoms with Crippen molar-refractivity contribution in [1.29, 1.82) is 0 Å². The molecule has 1 heterocycles. The lowest BCUT2D eigenvalue weighted by Crippen LogP contribution is -2.53. The van der Waals surface area contributed by atoms with E-state index in [0.29, 0.717) is 17.3 Å². The van der Waals surface area contributed by atoms with Crippen LogP contribution in [0.15, 0.2) is 24.3 Å². The molecule has 0 atom stereocenters. The molecule has 1 fully saturated rings. The summed E-state index contributed by atoms with van der Waals surface area (Å²) in [5, 5.41) is 7.55. The minimum absolute atomic E-state index is 0.0423. The highest BCUT2D eigenvalue weighted by Gasteiger charge is 2.20. The molecule has 0 aliphatic carbocycles. The molecule has 25 heavy (non-hydrogen) atoms. The monoisotopic (exact) mass is 400 g/mol. The number of para-hydroxylation sites is 1. The van der Waals surface area contributed by atoms with Gasteiger partial charge in [0.25, 0.3) is 0 Å². The van der Waals surface area contributed by atoms with Gasteiger partial charge in [0.1, 0.15) is 0 Å². The maximum absolute atomic E-state index is 12.2. The number of hydrogen-bond acceptors (Lipinski definition) is 4. The van der Waals surface area contributed by atoms with Crippen molar-refractivity contribution in [2.24, 2.45) is 0 Å². The van der Waals surface area contributed by atoms with Crippen LogP contribution in [0.4, 0.5) is 5.69 Å². The Labute approximate surface area is 164 Å². The summed E-state index contributed by atoms with van der Waals surface area (Å²) in [6.07, 6.45) is 3.23. The molecule has 5 nitrogen and oxygen atoms in total. The van der Waals surface area contributed by atoms with Crippen LogP contribution in [-0.2, 0) is 4.79 Å². The van der Waals surface area contributed by atoms with Crippen LogP contribution in [-0.4, -0.2) is 72.1 Å². The lowest BCUT2D eigenvalue weighted by atomic mass is 10.3. The smallest absolute Gasteiger partial charge is 0.238 e. The third-order valence-electron chi connectivity index (χ3n) is 3.98. The Bertz CT molecular complexity index is 580. The highest BCUT2D eigenvalue weighted by molar-refractivity contribution is 7.98. The zero-order valence-electron chi connectivity index (χ0n) is 14.5. The number of nitrogens with one attached hydrogen (secondary N) is 2. The molecule has 2 rings (SSSR count). The van der Waals surface area contributed by atoms with E-state index in [1.807, 2.05) is 23.9 Å². The standard InChI is InChI=1S/C17H25ClN4OS2/c1-25-12-4-7-19-17(24)22-10-8-21(9-11-22)13-16(23)20-15-6-3-2-5-14(15)18/h2-3,5-6H,4,7-13H2,1H3,(H,19,24)(H,20,23). The van der Waals surface area contributed by atoms with Crippen LogP contribution in [0, 0.1) is 0 Å². The van der Waals surface area contributed by atoms with E-state index < -0.39 is 0 Å². The summed E-state index contributed by atoms with van der Waals surface area (Å²) >= 11 is 13.4. The van der Waals surface area contributed by atoms with E-state index in [4.69, 9.17) is 23.8 Å². The number of hydrogen-bond donors (Lipinski definition) is 2. The van der Waals surface area contributed by atoms with Gasteiger partial charge in [-0.3, -0.25) is 9.69 Å². The number of anilines is 1. The lowest BCUT2D eigenvalue weighted by Gasteiger charge is -2.35. The number of thiocarbonyl (C=S) groups is 1. The van der Waals surface area contributed by atoms with E-state index >= 15 is 0 Å². The van der Waals surface area contributed by atoms with Crippen LogP contribution in [0.2, 0.25) is 5.02 Å². The SMILES string of the molecule is CSCCCNC(=S)N1CCN(CC(=O)Nc2ccccc2Cl)CC1. The predicted molar refractivity (Wildman–Crippen MR) is 112 cm³/mol. The van der Waals surface area contributed by atoms with Gasteiger partial charge in [0.15, 0.2) is 5.11 Å². The number of thioether (sulfide) groups is 1. The van der Waals surface area contributed by atoms with Crippen LogP contribution in [0.5, 0.6) is 0 Å². The molecule has 0 unspecified atom stereocenters. The summed E-state index contributed by atoms with van der Waals surface area (Å²) in [6.45, 7) is 4.61. The first-order valence-corrected chi connectivity index (χ1v) is 10.6. The third-order valence-corrected chi connectivity index (χ3v) is 5.41. The highest BCUT2D eigenvalue weighted by atomic mass is 35.5. The molecule has 0 spiro atoms. The first-order valence-electron chi connectivity index (χ1n) is 8.38. The lowest BCUT2D eigenvalue weighted by molar-refractivity contribution is -0.117. The number of piperazine rings is 1. The minimum Gasteiger partial charge on any atom is -0.363 e. The molecule has 1 aromatic rings. The van der Waals surface area contributed by atoms with Crippen LogP contribution < -0.4 is 10.6 Å². The topological polar surface area (TPSA) is 47.6 Å². The van der Waals surface area contributed by atoms with Crippen LogP contribution in [0.1, 0.15) is 6.42 Å². The van der Waals surface area contributed by atoms with E-state index in [2.05, 4.69) is 26.7 Å². The van der Waals surface area contributed by atoms with Crippen LogP contribution >= 0.6 is 35.6 Å². The van der Waals surface area contributed by atoms with Crippen LogP contribution in [0.3, 0.4) is 0 Å². The quantitative estimate of drug-likeness (QED) is 0.541. The number of rotatable bonds is 7. The summed E-state index contributed by atoms with van der Waals surface area (Å²) < 4.78 is 0. The summed E-state index contributed by atoms with van der Waals surface area (Å²) in [4.78, 5) is 16.5. The molecule has 1 aromatic carbocycles. The Morgan fingerprint density at radius 2 is 2.00 bits per heavy atom. The van der Waals surface area contributed by atoms with E-state index in [9.17, 15) is 4.79 Å². The summed E-state index contributed by atoms with van der Waals surface area (Å²) in [7, 11) is 0. The first-order chi connectivity index (χ1) is 12.1. The van der Waals surface area contributed by atoms with Gasteiger partial charge in [0.2, 0.25) is 5.91 Å². The molecule has 0 saturated carbocycles. The van der Waals surface area contributed by atoms with Gasteiger partial charge in [0, 0.05) is 32.7 Å². The molecular formula is C17H25ClN4OS2. The number of amides is 1. The van der Waals surface area contributed by atoms with Gasteiger partial charge in [-0.25, -0.2) is 0 Å². The molecule has 1 aliphatic rings. The normalized spacial score (nSPS) is 15.0. The molecule has 0 bridgehead atoms.